The van der Waals surface area contributed by atoms with Crippen LogP contribution in [0.15, 0.2) is 48.5 Å². The summed E-state index contributed by atoms with van der Waals surface area (Å²) in [6, 6.07) is 16.0. The molecule has 0 spiro atoms. The van der Waals surface area contributed by atoms with Crippen LogP contribution >= 0.6 is 0 Å². The van der Waals surface area contributed by atoms with Crippen molar-refractivity contribution in [2.75, 3.05) is 0 Å². The third-order valence-electron chi connectivity index (χ3n) is 6.24. The van der Waals surface area contributed by atoms with Crippen molar-refractivity contribution in [3.8, 4) is 5.75 Å². The molecule has 0 aromatic heterocycles. The van der Waals surface area contributed by atoms with Crippen molar-refractivity contribution in [2.24, 2.45) is 5.92 Å². The lowest BCUT2D eigenvalue weighted by Crippen LogP contribution is -2.13. The van der Waals surface area contributed by atoms with Crippen LogP contribution in [0, 0.1) is 5.92 Å². The van der Waals surface area contributed by atoms with E-state index in [0.717, 1.165) is 12.3 Å². The maximum Gasteiger partial charge on any atom is 0.343 e. The molecular weight excluding hydrogens is 344 g/mol. The lowest BCUT2D eigenvalue weighted by atomic mass is 9.78. The lowest BCUT2D eigenvalue weighted by molar-refractivity contribution is 0.0734. The summed E-state index contributed by atoms with van der Waals surface area (Å²) in [6.45, 7) is 4.51. The van der Waals surface area contributed by atoms with Gasteiger partial charge < -0.3 is 4.74 Å². The van der Waals surface area contributed by atoms with Gasteiger partial charge in [0.25, 0.3) is 0 Å². The standard InChI is InChI=1S/C26H34O2/c1-3-5-6-7-21-10-18-25(19-11-21)28-26(27)24-16-14-23(15-17-24)22-12-8-20(4-2)9-13-22/h10-11,14-20,22H,3-9,12-13H2,1-2H3. The predicted octanol–water partition coefficient (Wildman–Crippen LogP) is 7.32. The fourth-order valence-corrected chi connectivity index (χ4v) is 4.26. The first-order valence-electron chi connectivity index (χ1n) is 11.1. The molecule has 0 amide bonds. The molecule has 0 unspecified atom stereocenters. The summed E-state index contributed by atoms with van der Waals surface area (Å²) in [6.07, 6.45) is 11.3. The SMILES string of the molecule is CCCCCc1ccc(OC(=O)c2ccc(C3CCC(CC)CC3)cc2)cc1. The second-order valence-electron chi connectivity index (χ2n) is 8.24. The van der Waals surface area contributed by atoms with Crippen molar-refractivity contribution in [3.05, 3.63) is 65.2 Å². The molecule has 1 saturated carbocycles. The molecule has 2 aromatic rings. The third-order valence-corrected chi connectivity index (χ3v) is 6.24. The number of hydrogen-bond donors (Lipinski definition) is 0. The van der Waals surface area contributed by atoms with E-state index < -0.39 is 0 Å². The Labute approximate surface area is 170 Å². The van der Waals surface area contributed by atoms with E-state index in [4.69, 9.17) is 4.74 Å². The predicted molar refractivity (Wildman–Crippen MR) is 116 cm³/mol. The summed E-state index contributed by atoms with van der Waals surface area (Å²) < 4.78 is 5.56. The molecule has 1 fully saturated rings. The van der Waals surface area contributed by atoms with Gasteiger partial charge in [0.05, 0.1) is 5.56 Å². The van der Waals surface area contributed by atoms with Gasteiger partial charge in [-0.15, -0.1) is 0 Å². The van der Waals surface area contributed by atoms with Crippen LogP contribution in [0.2, 0.25) is 0 Å². The lowest BCUT2D eigenvalue weighted by Gasteiger charge is -2.28. The van der Waals surface area contributed by atoms with Gasteiger partial charge >= 0.3 is 5.97 Å². The maximum atomic E-state index is 12.5. The molecular formula is C26H34O2. The van der Waals surface area contributed by atoms with Crippen LogP contribution in [0.25, 0.3) is 0 Å². The average molecular weight is 379 g/mol. The Morgan fingerprint density at radius 1 is 0.893 bits per heavy atom. The molecule has 28 heavy (non-hydrogen) atoms. The number of aryl methyl sites for hydroxylation is 1. The number of ether oxygens (including phenoxy) is 1. The Hall–Kier alpha value is -2.09. The first kappa shape index (κ1) is 20.6. The second kappa shape index (κ2) is 10.5. The van der Waals surface area contributed by atoms with E-state index in [1.807, 2.05) is 24.3 Å². The number of benzene rings is 2. The summed E-state index contributed by atoms with van der Waals surface area (Å²) >= 11 is 0. The maximum absolute atomic E-state index is 12.5. The fourth-order valence-electron chi connectivity index (χ4n) is 4.26. The monoisotopic (exact) mass is 378 g/mol. The Morgan fingerprint density at radius 3 is 2.18 bits per heavy atom. The summed E-state index contributed by atoms with van der Waals surface area (Å²) in [5, 5.41) is 0. The molecule has 150 valence electrons. The van der Waals surface area contributed by atoms with Gasteiger partial charge in [0.2, 0.25) is 0 Å². The Balaban J connectivity index is 1.53. The zero-order chi connectivity index (χ0) is 19.8. The summed E-state index contributed by atoms with van der Waals surface area (Å²) in [5.41, 5.74) is 3.29. The minimum atomic E-state index is -0.278. The number of rotatable bonds is 8. The van der Waals surface area contributed by atoms with E-state index in [1.54, 1.807) is 0 Å². The number of carbonyl (C=O) groups excluding carboxylic acids is 1. The molecule has 0 heterocycles. The smallest absolute Gasteiger partial charge is 0.343 e. The highest BCUT2D eigenvalue weighted by atomic mass is 16.5. The topological polar surface area (TPSA) is 26.3 Å². The van der Waals surface area contributed by atoms with Crippen LogP contribution in [-0.2, 0) is 6.42 Å². The molecule has 0 radical (unpaired) electrons. The molecule has 1 aliphatic carbocycles. The van der Waals surface area contributed by atoms with Gasteiger partial charge in [0.15, 0.2) is 0 Å². The molecule has 0 atom stereocenters. The van der Waals surface area contributed by atoms with Crippen molar-refractivity contribution < 1.29 is 9.53 Å². The van der Waals surface area contributed by atoms with E-state index in [-0.39, 0.29) is 5.97 Å². The summed E-state index contributed by atoms with van der Waals surface area (Å²) in [4.78, 5) is 12.5. The molecule has 3 rings (SSSR count). The van der Waals surface area contributed by atoms with E-state index in [1.165, 1.54) is 62.5 Å². The first-order valence-corrected chi connectivity index (χ1v) is 11.1. The minimum absolute atomic E-state index is 0.278. The molecule has 2 heteroatoms. The zero-order valence-electron chi connectivity index (χ0n) is 17.5. The second-order valence-corrected chi connectivity index (χ2v) is 8.24. The van der Waals surface area contributed by atoms with Gasteiger partial charge in [-0.1, -0.05) is 57.4 Å². The van der Waals surface area contributed by atoms with Gasteiger partial charge in [0, 0.05) is 0 Å². The summed E-state index contributed by atoms with van der Waals surface area (Å²) in [5.74, 6) is 1.89. The van der Waals surface area contributed by atoms with Gasteiger partial charge in [0.1, 0.15) is 5.75 Å². The van der Waals surface area contributed by atoms with Crippen molar-refractivity contribution in [3.63, 3.8) is 0 Å². The van der Waals surface area contributed by atoms with Crippen molar-refractivity contribution >= 4 is 5.97 Å². The molecule has 0 aliphatic heterocycles. The Kier molecular flexibility index (Phi) is 7.71. The summed E-state index contributed by atoms with van der Waals surface area (Å²) in [7, 11) is 0. The quantitative estimate of drug-likeness (QED) is 0.273. The van der Waals surface area contributed by atoms with Gasteiger partial charge in [-0.2, -0.15) is 0 Å². The third kappa shape index (κ3) is 5.70. The molecule has 0 N–H and O–H groups in total. The number of carbonyl (C=O) groups is 1. The Morgan fingerprint density at radius 2 is 1.57 bits per heavy atom. The number of unbranched alkanes of at least 4 members (excludes halogenated alkanes) is 2. The van der Waals surface area contributed by atoms with Gasteiger partial charge in [-0.05, 0) is 85.8 Å². The van der Waals surface area contributed by atoms with Crippen molar-refractivity contribution in [1.82, 2.24) is 0 Å². The van der Waals surface area contributed by atoms with Crippen LogP contribution in [0.5, 0.6) is 5.75 Å². The van der Waals surface area contributed by atoms with Crippen LogP contribution in [0.4, 0.5) is 0 Å². The van der Waals surface area contributed by atoms with Crippen molar-refractivity contribution in [2.45, 2.75) is 77.6 Å². The largest absolute Gasteiger partial charge is 0.423 e. The number of hydrogen-bond acceptors (Lipinski definition) is 2. The first-order chi connectivity index (χ1) is 13.7. The molecule has 2 aromatic carbocycles. The minimum Gasteiger partial charge on any atom is -0.423 e. The van der Waals surface area contributed by atoms with Crippen LogP contribution < -0.4 is 4.74 Å². The van der Waals surface area contributed by atoms with E-state index in [0.29, 0.717) is 17.2 Å². The number of esters is 1. The highest BCUT2D eigenvalue weighted by Crippen LogP contribution is 2.36. The van der Waals surface area contributed by atoms with Gasteiger partial charge in [-0.25, -0.2) is 4.79 Å². The molecule has 0 saturated heterocycles. The van der Waals surface area contributed by atoms with Crippen molar-refractivity contribution in [1.29, 1.82) is 0 Å². The molecule has 2 nitrogen and oxygen atoms in total. The van der Waals surface area contributed by atoms with E-state index in [9.17, 15) is 4.79 Å². The highest BCUT2D eigenvalue weighted by Gasteiger charge is 2.21. The molecule has 0 bridgehead atoms. The zero-order valence-corrected chi connectivity index (χ0v) is 17.5. The highest BCUT2D eigenvalue weighted by molar-refractivity contribution is 5.91. The van der Waals surface area contributed by atoms with Crippen LogP contribution in [0.1, 0.15) is 92.6 Å². The molecule has 1 aliphatic rings. The normalized spacial score (nSPS) is 19.4. The van der Waals surface area contributed by atoms with E-state index >= 15 is 0 Å². The van der Waals surface area contributed by atoms with Crippen LogP contribution in [-0.4, -0.2) is 5.97 Å². The van der Waals surface area contributed by atoms with Gasteiger partial charge in [-0.3, -0.25) is 0 Å². The Bertz CT molecular complexity index is 722. The average Bonchev–Trinajstić information content (AvgIpc) is 2.75. The fraction of sp³-hybridized carbons (Fsp3) is 0.500. The van der Waals surface area contributed by atoms with E-state index in [2.05, 4.69) is 38.1 Å². The van der Waals surface area contributed by atoms with Crippen LogP contribution in [0.3, 0.4) is 0 Å².